The maximum Gasteiger partial charge on any atom is 0.363 e. The molecule has 0 amide bonds. The molecule has 3 aromatic carbocycles. The van der Waals surface area contributed by atoms with E-state index in [2.05, 4.69) is 4.99 Å². The van der Waals surface area contributed by atoms with Gasteiger partial charge in [0.25, 0.3) is 0 Å². The van der Waals surface area contributed by atoms with Gasteiger partial charge in [0, 0.05) is 0 Å². The van der Waals surface area contributed by atoms with E-state index in [4.69, 9.17) is 25.8 Å². The number of esters is 2. The Morgan fingerprint density at radius 2 is 1.78 bits per heavy atom. The number of rotatable bonds is 5. The van der Waals surface area contributed by atoms with Crippen molar-refractivity contribution in [2.45, 2.75) is 6.92 Å². The van der Waals surface area contributed by atoms with Gasteiger partial charge in [-0.05, 0) is 54.5 Å². The van der Waals surface area contributed by atoms with Crippen molar-refractivity contribution >= 4 is 35.5 Å². The molecule has 0 fully saturated rings. The Balaban J connectivity index is 1.60. The largest absolute Gasteiger partial charge is 0.493 e. The second-order valence-electron chi connectivity index (χ2n) is 6.93. The van der Waals surface area contributed by atoms with Crippen LogP contribution in [0.3, 0.4) is 0 Å². The van der Waals surface area contributed by atoms with Gasteiger partial charge in [0.05, 0.1) is 23.3 Å². The number of cyclic esters (lactones) is 1. The molecule has 6 nitrogen and oxygen atoms in total. The van der Waals surface area contributed by atoms with E-state index in [9.17, 15) is 9.59 Å². The van der Waals surface area contributed by atoms with Crippen LogP contribution in [0, 0.1) is 6.92 Å². The Morgan fingerprint density at radius 1 is 1.03 bits per heavy atom. The van der Waals surface area contributed by atoms with Crippen molar-refractivity contribution in [1.29, 1.82) is 0 Å². The molecule has 0 saturated carbocycles. The molecule has 0 unspecified atom stereocenters. The van der Waals surface area contributed by atoms with Gasteiger partial charge in [-0.3, -0.25) is 0 Å². The number of methoxy groups -OCH3 is 1. The maximum absolute atomic E-state index is 12.5. The summed E-state index contributed by atoms with van der Waals surface area (Å²) in [6.45, 7) is 1.83. The lowest BCUT2D eigenvalue weighted by Gasteiger charge is -2.11. The van der Waals surface area contributed by atoms with Crippen LogP contribution in [-0.4, -0.2) is 24.9 Å². The van der Waals surface area contributed by atoms with Crippen LogP contribution in [0.1, 0.15) is 27.0 Å². The first kappa shape index (κ1) is 21.3. The van der Waals surface area contributed by atoms with Gasteiger partial charge < -0.3 is 14.2 Å². The lowest BCUT2D eigenvalue weighted by atomic mass is 10.1. The number of benzene rings is 3. The van der Waals surface area contributed by atoms with Crippen molar-refractivity contribution in [3.05, 3.63) is 99.7 Å². The van der Waals surface area contributed by atoms with E-state index in [1.165, 1.54) is 7.11 Å². The van der Waals surface area contributed by atoms with Crippen LogP contribution >= 0.6 is 11.6 Å². The van der Waals surface area contributed by atoms with Gasteiger partial charge in [-0.25, -0.2) is 14.6 Å². The van der Waals surface area contributed by atoms with Crippen LogP contribution in [0.4, 0.5) is 0 Å². The zero-order chi connectivity index (χ0) is 22.7. The summed E-state index contributed by atoms with van der Waals surface area (Å²) in [7, 11) is 1.47. The lowest BCUT2D eigenvalue weighted by molar-refractivity contribution is -0.129. The SMILES string of the molecule is COc1cc(/C=C2/N=C(c3ccccc3Cl)OC2=O)ccc1OC(=O)c1ccccc1C. The Bertz CT molecular complexity index is 1280. The molecule has 1 heterocycles. The van der Waals surface area contributed by atoms with E-state index in [0.717, 1.165) is 5.56 Å². The molecule has 0 atom stereocenters. The Kier molecular flexibility index (Phi) is 6.05. The lowest BCUT2D eigenvalue weighted by Crippen LogP contribution is -2.10. The molecule has 0 spiro atoms. The van der Waals surface area contributed by atoms with Crippen molar-refractivity contribution in [1.82, 2.24) is 0 Å². The predicted molar refractivity (Wildman–Crippen MR) is 121 cm³/mol. The summed E-state index contributed by atoms with van der Waals surface area (Å²) in [4.78, 5) is 29.1. The molecule has 0 N–H and O–H groups in total. The highest BCUT2D eigenvalue weighted by Crippen LogP contribution is 2.31. The molecule has 1 aliphatic rings. The van der Waals surface area contributed by atoms with E-state index < -0.39 is 11.9 Å². The number of carbonyl (C=O) groups is 2. The second kappa shape index (κ2) is 9.08. The second-order valence-corrected chi connectivity index (χ2v) is 7.34. The number of hydrogen-bond acceptors (Lipinski definition) is 6. The molecular weight excluding hydrogens is 430 g/mol. The molecule has 0 saturated heterocycles. The fourth-order valence-corrected chi connectivity index (χ4v) is 3.35. The molecule has 160 valence electrons. The van der Waals surface area contributed by atoms with Crippen LogP contribution in [0.5, 0.6) is 11.5 Å². The summed E-state index contributed by atoms with van der Waals surface area (Å²) >= 11 is 6.16. The zero-order valence-corrected chi connectivity index (χ0v) is 18.1. The third-order valence-corrected chi connectivity index (χ3v) is 5.11. The topological polar surface area (TPSA) is 74.2 Å². The van der Waals surface area contributed by atoms with Crippen LogP contribution in [0.25, 0.3) is 6.08 Å². The Labute approximate surface area is 189 Å². The first-order chi connectivity index (χ1) is 15.5. The van der Waals surface area contributed by atoms with E-state index >= 15 is 0 Å². The molecule has 32 heavy (non-hydrogen) atoms. The third kappa shape index (κ3) is 4.40. The van der Waals surface area contributed by atoms with Gasteiger partial charge in [0.15, 0.2) is 17.2 Å². The van der Waals surface area contributed by atoms with E-state index in [1.807, 2.05) is 19.1 Å². The van der Waals surface area contributed by atoms with Crippen molar-refractivity contribution in [2.24, 2.45) is 4.99 Å². The van der Waals surface area contributed by atoms with Crippen molar-refractivity contribution in [2.75, 3.05) is 7.11 Å². The summed E-state index contributed by atoms with van der Waals surface area (Å²) in [5, 5.41) is 0.432. The Morgan fingerprint density at radius 3 is 2.53 bits per heavy atom. The van der Waals surface area contributed by atoms with Gasteiger partial charge in [0.1, 0.15) is 0 Å². The van der Waals surface area contributed by atoms with Crippen LogP contribution in [-0.2, 0) is 9.53 Å². The molecule has 4 rings (SSSR count). The van der Waals surface area contributed by atoms with E-state index in [0.29, 0.717) is 27.5 Å². The number of nitrogens with zero attached hydrogens (tertiary/aromatic N) is 1. The van der Waals surface area contributed by atoms with Gasteiger partial charge >= 0.3 is 11.9 Å². The summed E-state index contributed by atoms with van der Waals surface area (Å²) < 4.78 is 16.2. The first-order valence-electron chi connectivity index (χ1n) is 9.69. The number of ether oxygens (including phenoxy) is 3. The highest BCUT2D eigenvalue weighted by molar-refractivity contribution is 6.34. The molecule has 0 aromatic heterocycles. The molecular formula is C25H18ClNO5. The standard InChI is InChI=1S/C25H18ClNO5/c1-15-7-3-4-8-17(15)24(28)31-21-12-11-16(14-22(21)30-2)13-20-25(29)32-23(27-20)18-9-5-6-10-19(18)26/h3-14H,1-2H3/b20-13+. The summed E-state index contributed by atoms with van der Waals surface area (Å²) in [6, 6.07) is 19.0. The molecule has 0 bridgehead atoms. The fourth-order valence-electron chi connectivity index (χ4n) is 3.13. The normalized spacial score (nSPS) is 14.2. The Hall–Kier alpha value is -3.90. The number of halogens is 1. The highest BCUT2D eigenvalue weighted by Gasteiger charge is 2.25. The van der Waals surface area contributed by atoms with Crippen molar-refractivity contribution in [3.63, 3.8) is 0 Å². The van der Waals surface area contributed by atoms with Crippen molar-refractivity contribution < 1.29 is 23.8 Å². The van der Waals surface area contributed by atoms with Gasteiger partial charge in [-0.1, -0.05) is 48.0 Å². The highest BCUT2D eigenvalue weighted by atomic mass is 35.5. The minimum Gasteiger partial charge on any atom is -0.493 e. The molecule has 0 aliphatic carbocycles. The summed E-state index contributed by atoms with van der Waals surface area (Å²) in [5.74, 6) is -0.336. The van der Waals surface area contributed by atoms with Gasteiger partial charge in [0.2, 0.25) is 5.90 Å². The zero-order valence-electron chi connectivity index (χ0n) is 17.3. The van der Waals surface area contributed by atoms with Crippen LogP contribution in [0.2, 0.25) is 5.02 Å². The van der Waals surface area contributed by atoms with Crippen LogP contribution in [0.15, 0.2) is 77.4 Å². The van der Waals surface area contributed by atoms with Gasteiger partial charge in [-0.15, -0.1) is 0 Å². The average molecular weight is 448 g/mol. The number of carbonyl (C=O) groups excluding carboxylic acids is 2. The molecule has 3 aromatic rings. The predicted octanol–water partition coefficient (Wildman–Crippen LogP) is 5.22. The molecule has 1 aliphatic heterocycles. The molecule has 0 radical (unpaired) electrons. The summed E-state index contributed by atoms with van der Waals surface area (Å²) in [5.41, 5.74) is 2.54. The van der Waals surface area contributed by atoms with Gasteiger partial charge in [-0.2, -0.15) is 0 Å². The third-order valence-electron chi connectivity index (χ3n) is 4.78. The minimum atomic E-state index is -0.589. The first-order valence-corrected chi connectivity index (χ1v) is 10.1. The fraction of sp³-hybridized carbons (Fsp3) is 0.0800. The quantitative estimate of drug-likeness (QED) is 0.304. The maximum atomic E-state index is 12.5. The average Bonchev–Trinajstić information content (AvgIpc) is 3.15. The monoisotopic (exact) mass is 447 g/mol. The number of aliphatic imine (C=N–C) groups is 1. The smallest absolute Gasteiger partial charge is 0.363 e. The molecule has 7 heteroatoms. The van der Waals surface area contributed by atoms with Crippen LogP contribution < -0.4 is 9.47 Å². The summed E-state index contributed by atoms with van der Waals surface area (Å²) in [6.07, 6.45) is 1.56. The minimum absolute atomic E-state index is 0.117. The number of hydrogen-bond donors (Lipinski definition) is 0. The van der Waals surface area contributed by atoms with E-state index in [-0.39, 0.29) is 17.3 Å². The number of aryl methyl sites for hydroxylation is 1. The van der Waals surface area contributed by atoms with Crippen molar-refractivity contribution in [3.8, 4) is 11.5 Å². The van der Waals surface area contributed by atoms with E-state index in [1.54, 1.807) is 60.7 Å².